The van der Waals surface area contributed by atoms with Crippen LogP contribution in [-0.2, 0) is 11.2 Å². The summed E-state index contributed by atoms with van der Waals surface area (Å²) in [7, 11) is 1.68. The largest absolute Gasteiger partial charge is 0.497 e. The SMILES string of the molecule is COc1ccc2c(c1)nc(CCCl)n2C(C)C1CCOC1. The Balaban J connectivity index is 2.06. The highest BCUT2D eigenvalue weighted by Crippen LogP contribution is 2.32. The lowest BCUT2D eigenvalue weighted by molar-refractivity contribution is 0.175. The molecule has 4 nitrogen and oxygen atoms in total. The molecule has 3 rings (SSSR count). The molecule has 2 unspecified atom stereocenters. The van der Waals surface area contributed by atoms with E-state index in [9.17, 15) is 0 Å². The van der Waals surface area contributed by atoms with E-state index in [-0.39, 0.29) is 0 Å². The molecule has 21 heavy (non-hydrogen) atoms. The van der Waals surface area contributed by atoms with Gasteiger partial charge in [-0.15, -0.1) is 11.6 Å². The minimum absolute atomic E-state index is 0.365. The van der Waals surface area contributed by atoms with E-state index in [1.165, 1.54) is 0 Å². The van der Waals surface area contributed by atoms with Crippen molar-refractivity contribution in [2.24, 2.45) is 5.92 Å². The molecule has 1 aromatic heterocycles. The van der Waals surface area contributed by atoms with Crippen molar-refractivity contribution in [2.75, 3.05) is 26.2 Å². The second-order valence-electron chi connectivity index (χ2n) is 5.56. The monoisotopic (exact) mass is 308 g/mol. The molecule has 1 fully saturated rings. The fourth-order valence-corrected chi connectivity index (χ4v) is 3.28. The number of aromatic nitrogens is 2. The molecule has 0 amide bonds. The van der Waals surface area contributed by atoms with Gasteiger partial charge in [0, 0.05) is 36.9 Å². The molecule has 0 aliphatic carbocycles. The number of hydrogen-bond donors (Lipinski definition) is 0. The van der Waals surface area contributed by atoms with E-state index in [1.807, 2.05) is 12.1 Å². The summed E-state index contributed by atoms with van der Waals surface area (Å²) in [4.78, 5) is 4.76. The van der Waals surface area contributed by atoms with E-state index in [2.05, 4.69) is 17.6 Å². The van der Waals surface area contributed by atoms with Crippen LogP contribution in [0, 0.1) is 5.92 Å². The van der Waals surface area contributed by atoms with Crippen LogP contribution in [0.25, 0.3) is 11.0 Å². The van der Waals surface area contributed by atoms with Crippen molar-refractivity contribution in [3.8, 4) is 5.75 Å². The average Bonchev–Trinajstić information content (AvgIpc) is 3.13. The Kier molecular flexibility index (Phi) is 4.36. The highest BCUT2D eigenvalue weighted by Gasteiger charge is 2.26. The van der Waals surface area contributed by atoms with Gasteiger partial charge >= 0.3 is 0 Å². The lowest BCUT2D eigenvalue weighted by atomic mass is 10.00. The van der Waals surface area contributed by atoms with E-state index >= 15 is 0 Å². The van der Waals surface area contributed by atoms with Crippen LogP contribution in [0.15, 0.2) is 18.2 Å². The van der Waals surface area contributed by atoms with Crippen LogP contribution in [-0.4, -0.2) is 35.8 Å². The first kappa shape index (κ1) is 14.7. The molecule has 0 spiro atoms. The molecule has 1 aliphatic heterocycles. The van der Waals surface area contributed by atoms with Gasteiger partial charge in [-0.3, -0.25) is 0 Å². The Morgan fingerprint density at radius 3 is 3.05 bits per heavy atom. The predicted molar refractivity (Wildman–Crippen MR) is 84.3 cm³/mol. The second kappa shape index (κ2) is 6.24. The summed E-state index contributed by atoms with van der Waals surface area (Å²) in [5, 5.41) is 0. The van der Waals surface area contributed by atoms with E-state index in [0.29, 0.717) is 17.8 Å². The van der Waals surface area contributed by atoms with Crippen LogP contribution in [0.5, 0.6) is 5.75 Å². The zero-order valence-corrected chi connectivity index (χ0v) is 13.3. The molecule has 2 atom stereocenters. The summed E-state index contributed by atoms with van der Waals surface area (Å²) >= 11 is 5.96. The summed E-state index contributed by atoms with van der Waals surface area (Å²) in [5.41, 5.74) is 2.12. The van der Waals surface area contributed by atoms with Crippen molar-refractivity contribution in [1.82, 2.24) is 9.55 Å². The second-order valence-corrected chi connectivity index (χ2v) is 5.93. The Labute approximate surface area is 130 Å². The summed E-state index contributed by atoms with van der Waals surface area (Å²) in [6.07, 6.45) is 1.88. The highest BCUT2D eigenvalue weighted by molar-refractivity contribution is 6.17. The third-order valence-electron chi connectivity index (χ3n) is 4.34. The third-order valence-corrected chi connectivity index (χ3v) is 4.53. The zero-order valence-electron chi connectivity index (χ0n) is 12.5. The predicted octanol–water partition coefficient (Wildman–Crippen LogP) is 3.42. The molecule has 1 aliphatic rings. The van der Waals surface area contributed by atoms with Gasteiger partial charge in [-0.1, -0.05) is 0 Å². The number of nitrogens with zero attached hydrogens (tertiary/aromatic N) is 2. The normalized spacial score (nSPS) is 20.0. The summed E-state index contributed by atoms with van der Waals surface area (Å²) in [5.74, 6) is 3.00. The van der Waals surface area contributed by atoms with Gasteiger partial charge in [-0.25, -0.2) is 4.98 Å². The molecule has 2 heterocycles. The van der Waals surface area contributed by atoms with Crippen LogP contribution in [0.2, 0.25) is 0 Å². The fraction of sp³-hybridized carbons (Fsp3) is 0.562. The maximum Gasteiger partial charge on any atom is 0.121 e. The topological polar surface area (TPSA) is 36.3 Å². The van der Waals surface area contributed by atoms with E-state index in [4.69, 9.17) is 26.1 Å². The smallest absolute Gasteiger partial charge is 0.121 e. The number of alkyl halides is 1. The molecule has 5 heteroatoms. The van der Waals surface area contributed by atoms with Crippen LogP contribution < -0.4 is 4.74 Å². The highest BCUT2D eigenvalue weighted by atomic mass is 35.5. The number of aryl methyl sites for hydroxylation is 1. The van der Waals surface area contributed by atoms with Crippen molar-refractivity contribution >= 4 is 22.6 Å². The first-order chi connectivity index (χ1) is 10.2. The molecule has 2 aromatic rings. The van der Waals surface area contributed by atoms with Gasteiger partial charge in [0.15, 0.2) is 0 Å². The number of imidazole rings is 1. The number of benzene rings is 1. The van der Waals surface area contributed by atoms with Gasteiger partial charge in [-0.05, 0) is 25.5 Å². The van der Waals surface area contributed by atoms with Gasteiger partial charge in [-0.2, -0.15) is 0 Å². The van der Waals surface area contributed by atoms with E-state index in [1.54, 1.807) is 7.11 Å². The molecular weight excluding hydrogens is 288 g/mol. The fourth-order valence-electron chi connectivity index (χ4n) is 3.11. The number of ether oxygens (including phenoxy) is 2. The van der Waals surface area contributed by atoms with Gasteiger partial charge < -0.3 is 14.0 Å². The van der Waals surface area contributed by atoms with Gasteiger partial charge in [0.1, 0.15) is 11.6 Å². The Hall–Kier alpha value is -1.26. The Bertz CT molecular complexity index is 620. The van der Waals surface area contributed by atoms with Crippen LogP contribution in [0.4, 0.5) is 0 Å². The van der Waals surface area contributed by atoms with Crippen molar-refractivity contribution in [3.05, 3.63) is 24.0 Å². The summed E-state index contributed by atoms with van der Waals surface area (Å²) < 4.78 is 13.2. The lowest BCUT2D eigenvalue weighted by Gasteiger charge is -2.22. The molecule has 0 saturated carbocycles. The third kappa shape index (κ3) is 2.74. The van der Waals surface area contributed by atoms with Gasteiger partial charge in [0.2, 0.25) is 0 Å². The molecule has 0 radical (unpaired) electrons. The lowest BCUT2D eigenvalue weighted by Crippen LogP contribution is -2.19. The number of fused-ring (bicyclic) bond motifs is 1. The maximum atomic E-state index is 5.96. The molecule has 0 bridgehead atoms. The first-order valence-electron chi connectivity index (χ1n) is 7.43. The van der Waals surface area contributed by atoms with Crippen molar-refractivity contribution in [2.45, 2.75) is 25.8 Å². The van der Waals surface area contributed by atoms with Crippen molar-refractivity contribution in [1.29, 1.82) is 0 Å². The van der Waals surface area contributed by atoms with Crippen LogP contribution in [0.3, 0.4) is 0 Å². The number of halogens is 1. The number of hydrogen-bond acceptors (Lipinski definition) is 3. The minimum Gasteiger partial charge on any atom is -0.497 e. The molecule has 114 valence electrons. The zero-order chi connectivity index (χ0) is 14.8. The summed E-state index contributed by atoms with van der Waals surface area (Å²) in [6, 6.07) is 6.43. The first-order valence-corrected chi connectivity index (χ1v) is 7.96. The molecule has 0 N–H and O–H groups in total. The number of rotatable bonds is 5. The van der Waals surface area contributed by atoms with E-state index < -0.39 is 0 Å². The van der Waals surface area contributed by atoms with Crippen LogP contribution >= 0.6 is 11.6 Å². The van der Waals surface area contributed by atoms with Crippen LogP contribution in [0.1, 0.15) is 25.2 Å². The summed E-state index contributed by atoms with van der Waals surface area (Å²) in [6.45, 7) is 3.94. The van der Waals surface area contributed by atoms with Crippen molar-refractivity contribution < 1.29 is 9.47 Å². The quantitative estimate of drug-likeness (QED) is 0.794. The van der Waals surface area contributed by atoms with Crippen molar-refractivity contribution in [3.63, 3.8) is 0 Å². The molecule has 1 saturated heterocycles. The average molecular weight is 309 g/mol. The minimum atomic E-state index is 0.365. The van der Waals surface area contributed by atoms with Gasteiger partial charge in [0.05, 0.1) is 24.8 Å². The standard InChI is InChI=1S/C16H21ClN2O2/c1-11(12-6-8-21-10-12)19-15-4-3-13(20-2)9-14(15)18-16(19)5-7-17/h3-4,9,11-12H,5-8,10H2,1-2H3. The number of methoxy groups -OCH3 is 1. The Morgan fingerprint density at radius 1 is 1.52 bits per heavy atom. The Morgan fingerprint density at radius 2 is 2.38 bits per heavy atom. The molecule has 1 aromatic carbocycles. The maximum absolute atomic E-state index is 5.96. The van der Waals surface area contributed by atoms with E-state index in [0.717, 1.165) is 48.7 Å². The molecular formula is C16H21ClN2O2. The van der Waals surface area contributed by atoms with Gasteiger partial charge in [0.25, 0.3) is 0 Å².